The van der Waals surface area contributed by atoms with Crippen molar-refractivity contribution in [2.24, 2.45) is 0 Å². The molecule has 0 saturated carbocycles. The zero-order valence-electron chi connectivity index (χ0n) is 18.9. The Bertz CT molecular complexity index is 1380. The average Bonchev–Trinajstić information content (AvgIpc) is 2.88. The molecule has 0 aliphatic heterocycles. The third-order valence-electron chi connectivity index (χ3n) is 5.56. The van der Waals surface area contributed by atoms with Crippen molar-refractivity contribution in [1.29, 1.82) is 0 Å². The SMILES string of the molecule is COc1ccc(-n2cc(C(=O)N(C)c3ccc(OC)cc3OC)c3ccccc3c2=O)cc1. The van der Waals surface area contributed by atoms with E-state index >= 15 is 0 Å². The molecular formula is C26H24N2O5. The van der Waals surface area contributed by atoms with Gasteiger partial charge < -0.3 is 19.1 Å². The van der Waals surface area contributed by atoms with Gasteiger partial charge >= 0.3 is 0 Å². The number of nitrogens with zero attached hydrogens (tertiary/aromatic N) is 2. The third-order valence-corrected chi connectivity index (χ3v) is 5.56. The lowest BCUT2D eigenvalue weighted by atomic mass is 10.1. The lowest BCUT2D eigenvalue weighted by Crippen LogP contribution is -2.29. The van der Waals surface area contributed by atoms with Crippen LogP contribution < -0.4 is 24.7 Å². The van der Waals surface area contributed by atoms with Crippen molar-refractivity contribution in [3.8, 4) is 22.9 Å². The maximum absolute atomic E-state index is 13.7. The van der Waals surface area contributed by atoms with Gasteiger partial charge in [0.05, 0.1) is 32.6 Å². The number of benzene rings is 3. The fourth-order valence-electron chi connectivity index (χ4n) is 3.75. The molecule has 0 atom stereocenters. The monoisotopic (exact) mass is 444 g/mol. The van der Waals surface area contributed by atoms with Crippen LogP contribution in [0.5, 0.6) is 17.2 Å². The number of anilines is 1. The molecule has 0 radical (unpaired) electrons. The maximum Gasteiger partial charge on any atom is 0.262 e. The van der Waals surface area contributed by atoms with Crippen LogP contribution >= 0.6 is 0 Å². The molecule has 0 unspecified atom stereocenters. The minimum Gasteiger partial charge on any atom is -0.497 e. The minimum atomic E-state index is -0.281. The second kappa shape index (κ2) is 9.08. The lowest BCUT2D eigenvalue weighted by molar-refractivity contribution is 0.0993. The summed E-state index contributed by atoms with van der Waals surface area (Å²) >= 11 is 0. The van der Waals surface area contributed by atoms with Crippen molar-refractivity contribution in [1.82, 2.24) is 4.57 Å². The summed E-state index contributed by atoms with van der Waals surface area (Å²) in [5, 5.41) is 1.03. The Morgan fingerprint density at radius 1 is 0.818 bits per heavy atom. The summed E-state index contributed by atoms with van der Waals surface area (Å²) in [6.45, 7) is 0. The number of aromatic nitrogens is 1. The van der Waals surface area contributed by atoms with E-state index in [2.05, 4.69) is 0 Å². The Kier molecular flexibility index (Phi) is 6.04. The molecule has 4 aromatic rings. The average molecular weight is 444 g/mol. The number of ether oxygens (including phenoxy) is 3. The Morgan fingerprint density at radius 2 is 1.45 bits per heavy atom. The molecule has 0 fully saturated rings. The normalized spacial score (nSPS) is 10.7. The third kappa shape index (κ3) is 4.01. The number of hydrogen-bond acceptors (Lipinski definition) is 5. The molecule has 1 aromatic heterocycles. The summed E-state index contributed by atoms with van der Waals surface area (Å²) in [4.78, 5) is 28.4. The van der Waals surface area contributed by atoms with E-state index < -0.39 is 0 Å². The highest BCUT2D eigenvalue weighted by molar-refractivity contribution is 6.14. The van der Waals surface area contributed by atoms with Gasteiger partial charge in [0.1, 0.15) is 17.2 Å². The van der Waals surface area contributed by atoms with Crippen molar-refractivity contribution in [2.75, 3.05) is 33.3 Å². The Hall–Kier alpha value is -4.26. The van der Waals surface area contributed by atoms with Gasteiger partial charge in [-0.25, -0.2) is 0 Å². The fraction of sp³-hybridized carbons (Fsp3) is 0.154. The Morgan fingerprint density at radius 3 is 2.09 bits per heavy atom. The van der Waals surface area contributed by atoms with Crippen LogP contribution in [0.2, 0.25) is 0 Å². The number of amides is 1. The molecule has 7 nitrogen and oxygen atoms in total. The first-order valence-electron chi connectivity index (χ1n) is 10.3. The van der Waals surface area contributed by atoms with Crippen molar-refractivity contribution in [3.63, 3.8) is 0 Å². The highest BCUT2D eigenvalue weighted by atomic mass is 16.5. The zero-order valence-corrected chi connectivity index (χ0v) is 18.9. The second-order valence-corrected chi connectivity index (χ2v) is 7.36. The molecule has 0 aliphatic rings. The highest BCUT2D eigenvalue weighted by Gasteiger charge is 2.22. The van der Waals surface area contributed by atoms with Gasteiger partial charge in [0.2, 0.25) is 0 Å². The van der Waals surface area contributed by atoms with E-state index in [9.17, 15) is 9.59 Å². The molecule has 168 valence electrons. The summed E-state index contributed by atoms with van der Waals surface area (Å²) in [5.74, 6) is 1.51. The van der Waals surface area contributed by atoms with Gasteiger partial charge in [0.25, 0.3) is 11.5 Å². The predicted octanol–water partition coefficient (Wildman–Crippen LogP) is 4.29. The fourth-order valence-corrected chi connectivity index (χ4v) is 3.75. The zero-order chi connectivity index (χ0) is 23.5. The molecular weight excluding hydrogens is 420 g/mol. The van der Waals surface area contributed by atoms with Crippen LogP contribution in [0.1, 0.15) is 10.4 Å². The number of hydrogen-bond donors (Lipinski definition) is 0. The molecule has 0 saturated heterocycles. The van der Waals surface area contributed by atoms with Crippen molar-refractivity contribution < 1.29 is 19.0 Å². The number of methoxy groups -OCH3 is 3. The number of carbonyl (C=O) groups excluding carboxylic acids is 1. The van der Waals surface area contributed by atoms with E-state index in [0.29, 0.717) is 45.0 Å². The van der Waals surface area contributed by atoms with E-state index in [1.54, 1.807) is 88.1 Å². The first-order valence-corrected chi connectivity index (χ1v) is 10.3. The van der Waals surface area contributed by atoms with Crippen LogP contribution in [0.4, 0.5) is 5.69 Å². The highest BCUT2D eigenvalue weighted by Crippen LogP contribution is 2.33. The molecule has 3 aromatic carbocycles. The smallest absolute Gasteiger partial charge is 0.262 e. The molecule has 7 heteroatoms. The first-order chi connectivity index (χ1) is 16.0. The predicted molar refractivity (Wildman–Crippen MR) is 128 cm³/mol. The summed E-state index contributed by atoms with van der Waals surface area (Å²) in [7, 11) is 6.36. The molecule has 0 bridgehead atoms. The molecule has 4 rings (SSSR count). The van der Waals surface area contributed by atoms with Crippen molar-refractivity contribution >= 4 is 22.4 Å². The second-order valence-electron chi connectivity index (χ2n) is 7.36. The van der Waals surface area contributed by atoms with E-state index in [0.717, 1.165) is 0 Å². The van der Waals surface area contributed by atoms with Gasteiger partial charge in [0, 0.05) is 35.8 Å². The van der Waals surface area contributed by atoms with Gasteiger partial charge in [-0.05, 0) is 42.5 Å². The number of rotatable bonds is 6. The number of carbonyl (C=O) groups is 1. The molecule has 0 N–H and O–H groups in total. The standard InChI is InChI=1S/C26H24N2O5/c1-27(23-14-13-19(32-3)15-24(23)33-4)25(29)22-16-28(17-9-11-18(31-2)12-10-17)26(30)21-8-6-5-7-20(21)22/h5-16H,1-4H3. The van der Waals surface area contributed by atoms with Crippen LogP contribution in [0.15, 0.2) is 77.7 Å². The lowest BCUT2D eigenvalue weighted by Gasteiger charge is -2.22. The van der Waals surface area contributed by atoms with E-state index in [-0.39, 0.29) is 11.5 Å². The minimum absolute atomic E-state index is 0.211. The number of pyridine rings is 1. The van der Waals surface area contributed by atoms with E-state index in [4.69, 9.17) is 14.2 Å². The van der Waals surface area contributed by atoms with Crippen LogP contribution in [0.25, 0.3) is 16.5 Å². The Balaban J connectivity index is 1.87. The molecule has 33 heavy (non-hydrogen) atoms. The van der Waals surface area contributed by atoms with Crippen molar-refractivity contribution in [2.45, 2.75) is 0 Å². The maximum atomic E-state index is 13.7. The van der Waals surface area contributed by atoms with Crippen LogP contribution in [-0.2, 0) is 0 Å². The van der Waals surface area contributed by atoms with Gasteiger partial charge in [-0.3, -0.25) is 14.2 Å². The molecule has 0 spiro atoms. The summed E-state index contributed by atoms with van der Waals surface area (Å²) in [5.41, 5.74) is 1.39. The summed E-state index contributed by atoms with van der Waals surface area (Å²) in [6.07, 6.45) is 1.58. The molecule has 0 aliphatic carbocycles. The Labute approximate surface area is 191 Å². The van der Waals surface area contributed by atoms with Gasteiger partial charge in [-0.15, -0.1) is 0 Å². The molecule has 1 heterocycles. The van der Waals surface area contributed by atoms with E-state index in [1.165, 1.54) is 16.6 Å². The first kappa shape index (κ1) is 22.0. The number of fused-ring (bicyclic) bond motifs is 1. The van der Waals surface area contributed by atoms with Gasteiger partial charge in [-0.2, -0.15) is 0 Å². The van der Waals surface area contributed by atoms with Crippen LogP contribution in [-0.4, -0.2) is 38.9 Å². The van der Waals surface area contributed by atoms with E-state index in [1.807, 2.05) is 6.07 Å². The summed E-state index contributed by atoms with van der Waals surface area (Å²) in [6, 6.07) is 19.4. The van der Waals surface area contributed by atoms with Crippen molar-refractivity contribution in [3.05, 3.63) is 88.8 Å². The quantitative estimate of drug-likeness (QED) is 0.444. The van der Waals surface area contributed by atoms with Gasteiger partial charge in [0.15, 0.2) is 0 Å². The topological polar surface area (TPSA) is 70.0 Å². The van der Waals surface area contributed by atoms with Gasteiger partial charge in [-0.1, -0.05) is 18.2 Å². The van der Waals surface area contributed by atoms with Crippen LogP contribution in [0, 0.1) is 0 Å². The molecule has 1 amide bonds. The summed E-state index contributed by atoms with van der Waals surface area (Å²) < 4.78 is 17.4. The van der Waals surface area contributed by atoms with Crippen LogP contribution in [0.3, 0.4) is 0 Å². The largest absolute Gasteiger partial charge is 0.497 e.